The minimum absolute atomic E-state index is 0.0515. The first kappa shape index (κ1) is 12.9. The second-order valence-electron chi connectivity index (χ2n) is 3.56. The smallest absolute Gasteiger partial charge is 0.324 e. The zero-order valence-electron chi connectivity index (χ0n) is 9.16. The molecule has 0 aromatic rings. The van der Waals surface area contributed by atoms with Crippen molar-refractivity contribution >= 4 is 11.9 Å². The highest BCUT2D eigenvalue weighted by Crippen LogP contribution is 2.57. The highest BCUT2D eigenvalue weighted by Gasteiger charge is 2.71. The van der Waals surface area contributed by atoms with Gasteiger partial charge in [-0.25, -0.2) is 8.78 Å². The van der Waals surface area contributed by atoms with Crippen LogP contribution in [0.5, 0.6) is 0 Å². The van der Waals surface area contributed by atoms with E-state index in [4.69, 9.17) is 0 Å². The van der Waals surface area contributed by atoms with Crippen LogP contribution in [0.1, 0.15) is 20.3 Å². The Labute approximate surface area is 91.9 Å². The number of ether oxygens (including phenoxy) is 2. The van der Waals surface area contributed by atoms with Gasteiger partial charge in [0.05, 0.1) is 13.2 Å². The molecule has 1 fully saturated rings. The molecule has 1 aliphatic carbocycles. The highest BCUT2D eigenvalue weighted by molar-refractivity contribution is 6.04. The van der Waals surface area contributed by atoms with Crippen LogP contribution in [0.4, 0.5) is 8.78 Å². The molecule has 0 amide bonds. The Bertz CT molecular complexity index is 273. The van der Waals surface area contributed by atoms with Crippen molar-refractivity contribution in [2.24, 2.45) is 11.3 Å². The van der Waals surface area contributed by atoms with E-state index < -0.39 is 29.7 Å². The Balaban J connectivity index is 2.81. The molecule has 1 atom stereocenters. The Morgan fingerprint density at radius 2 is 1.69 bits per heavy atom. The molecule has 0 unspecified atom stereocenters. The van der Waals surface area contributed by atoms with Gasteiger partial charge in [-0.15, -0.1) is 0 Å². The first-order chi connectivity index (χ1) is 7.50. The van der Waals surface area contributed by atoms with E-state index in [1.165, 1.54) is 0 Å². The molecule has 92 valence electrons. The number of carbonyl (C=O) groups is 2. The fourth-order valence-corrected chi connectivity index (χ4v) is 1.66. The summed E-state index contributed by atoms with van der Waals surface area (Å²) < 4.78 is 34.3. The molecule has 0 radical (unpaired) electrons. The topological polar surface area (TPSA) is 52.6 Å². The van der Waals surface area contributed by atoms with Crippen molar-refractivity contribution in [3.8, 4) is 0 Å². The average Bonchev–Trinajstić information content (AvgIpc) is 2.94. The standard InChI is InChI=1S/C10H14F2O4/c1-3-15-8(13)10(9(14)16-4-2)5-6(10)7(11)12/h6-7H,3-5H2,1-2H3/t6-/m1/s1. The molecule has 0 aromatic heterocycles. The maximum Gasteiger partial charge on any atom is 0.324 e. The minimum atomic E-state index is -2.71. The number of halogens is 2. The first-order valence-electron chi connectivity index (χ1n) is 5.13. The van der Waals surface area contributed by atoms with E-state index in [1.807, 2.05) is 0 Å². The number of hydrogen-bond donors (Lipinski definition) is 0. The average molecular weight is 236 g/mol. The molecule has 16 heavy (non-hydrogen) atoms. The lowest BCUT2D eigenvalue weighted by atomic mass is 10.0. The van der Waals surface area contributed by atoms with Crippen LogP contribution in [0.25, 0.3) is 0 Å². The van der Waals surface area contributed by atoms with Crippen molar-refractivity contribution in [3.05, 3.63) is 0 Å². The lowest BCUT2D eigenvalue weighted by molar-refractivity contribution is -0.166. The highest BCUT2D eigenvalue weighted by atomic mass is 19.3. The largest absolute Gasteiger partial charge is 0.465 e. The Kier molecular flexibility index (Phi) is 3.83. The molecule has 0 saturated heterocycles. The van der Waals surface area contributed by atoms with Crippen LogP contribution < -0.4 is 0 Å². The zero-order valence-corrected chi connectivity index (χ0v) is 9.16. The Morgan fingerprint density at radius 1 is 1.25 bits per heavy atom. The van der Waals surface area contributed by atoms with Gasteiger partial charge >= 0.3 is 11.9 Å². The quantitative estimate of drug-likeness (QED) is 0.534. The van der Waals surface area contributed by atoms with Gasteiger partial charge in [-0.1, -0.05) is 0 Å². The van der Waals surface area contributed by atoms with Gasteiger partial charge in [-0.05, 0) is 20.3 Å². The summed E-state index contributed by atoms with van der Waals surface area (Å²) in [6.45, 7) is 3.21. The van der Waals surface area contributed by atoms with Crippen LogP contribution in [0, 0.1) is 11.3 Å². The fourth-order valence-electron chi connectivity index (χ4n) is 1.66. The van der Waals surface area contributed by atoms with Gasteiger partial charge in [-0.2, -0.15) is 0 Å². The van der Waals surface area contributed by atoms with Gasteiger partial charge in [0.25, 0.3) is 0 Å². The molecule has 1 rings (SSSR count). The predicted molar refractivity (Wildman–Crippen MR) is 49.8 cm³/mol. The monoisotopic (exact) mass is 236 g/mol. The minimum Gasteiger partial charge on any atom is -0.465 e. The maximum absolute atomic E-state index is 12.5. The van der Waals surface area contributed by atoms with E-state index in [0.717, 1.165) is 0 Å². The second-order valence-corrected chi connectivity index (χ2v) is 3.56. The maximum atomic E-state index is 12.5. The second kappa shape index (κ2) is 4.76. The molecule has 4 nitrogen and oxygen atoms in total. The molecule has 0 aliphatic heterocycles. The third-order valence-corrected chi connectivity index (χ3v) is 2.60. The predicted octanol–water partition coefficient (Wildman–Crippen LogP) is 1.38. The summed E-state index contributed by atoms with van der Waals surface area (Å²) in [6, 6.07) is 0. The lowest BCUT2D eigenvalue weighted by Crippen LogP contribution is -2.33. The van der Waals surface area contributed by atoms with Gasteiger partial charge < -0.3 is 9.47 Å². The zero-order chi connectivity index (χ0) is 12.3. The molecule has 0 heterocycles. The van der Waals surface area contributed by atoms with Crippen molar-refractivity contribution < 1.29 is 27.8 Å². The van der Waals surface area contributed by atoms with Gasteiger partial charge in [0.1, 0.15) is 0 Å². The third-order valence-electron chi connectivity index (χ3n) is 2.60. The molecule has 6 heteroatoms. The summed E-state index contributed by atoms with van der Waals surface area (Å²) >= 11 is 0. The van der Waals surface area contributed by atoms with Crippen LogP contribution in [0.15, 0.2) is 0 Å². The van der Waals surface area contributed by atoms with Crippen LogP contribution in [0.3, 0.4) is 0 Å². The van der Waals surface area contributed by atoms with Gasteiger partial charge in [-0.3, -0.25) is 9.59 Å². The van der Waals surface area contributed by atoms with E-state index >= 15 is 0 Å². The van der Waals surface area contributed by atoms with Crippen LogP contribution in [0.2, 0.25) is 0 Å². The lowest BCUT2D eigenvalue weighted by Gasteiger charge is -2.14. The van der Waals surface area contributed by atoms with Crippen molar-refractivity contribution in [2.45, 2.75) is 26.7 Å². The summed E-state index contributed by atoms with van der Waals surface area (Å²) in [7, 11) is 0. The number of esters is 2. The number of carbonyl (C=O) groups excluding carboxylic acids is 2. The SMILES string of the molecule is CCOC(=O)C1(C(=O)OCC)C[C@@H]1C(F)F. The summed E-state index contributed by atoms with van der Waals surface area (Å²) in [4.78, 5) is 23.0. The van der Waals surface area contributed by atoms with Crippen LogP contribution in [-0.4, -0.2) is 31.6 Å². The van der Waals surface area contributed by atoms with Crippen molar-refractivity contribution in [1.82, 2.24) is 0 Å². The summed E-state index contributed by atoms with van der Waals surface area (Å²) in [5, 5.41) is 0. The number of rotatable bonds is 5. The van der Waals surface area contributed by atoms with E-state index in [2.05, 4.69) is 9.47 Å². The van der Waals surface area contributed by atoms with E-state index in [0.29, 0.717) is 0 Å². The van der Waals surface area contributed by atoms with Gasteiger partial charge in [0.15, 0.2) is 5.41 Å². The summed E-state index contributed by atoms with van der Waals surface area (Å²) in [6.07, 6.45) is -2.91. The molecule has 0 aromatic carbocycles. The van der Waals surface area contributed by atoms with Gasteiger partial charge in [0, 0.05) is 5.92 Å². The van der Waals surface area contributed by atoms with E-state index in [1.54, 1.807) is 13.8 Å². The summed E-state index contributed by atoms with van der Waals surface area (Å²) in [5.74, 6) is -3.08. The molecule has 0 spiro atoms. The van der Waals surface area contributed by atoms with Crippen molar-refractivity contribution in [2.75, 3.05) is 13.2 Å². The fraction of sp³-hybridized carbons (Fsp3) is 0.800. The van der Waals surface area contributed by atoms with Crippen LogP contribution >= 0.6 is 0 Å². The normalized spacial score (nSPS) is 21.7. The van der Waals surface area contributed by atoms with Gasteiger partial charge in [0.2, 0.25) is 6.43 Å². The molecule has 1 saturated carbocycles. The Hall–Kier alpha value is -1.20. The van der Waals surface area contributed by atoms with E-state index in [-0.39, 0.29) is 19.6 Å². The van der Waals surface area contributed by atoms with Crippen molar-refractivity contribution in [1.29, 1.82) is 0 Å². The Morgan fingerprint density at radius 3 is 1.94 bits per heavy atom. The molecular formula is C10H14F2O4. The number of alkyl halides is 2. The van der Waals surface area contributed by atoms with Crippen LogP contribution in [-0.2, 0) is 19.1 Å². The first-order valence-corrected chi connectivity index (χ1v) is 5.13. The molecule has 0 N–H and O–H groups in total. The molecule has 0 bridgehead atoms. The van der Waals surface area contributed by atoms with Crippen molar-refractivity contribution in [3.63, 3.8) is 0 Å². The molecular weight excluding hydrogens is 222 g/mol. The number of hydrogen-bond acceptors (Lipinski definition) is 4. The summed E-state index contributed by atoms with van der Waals surface area (Å²) in [5.41, 5.74) is -1.76. The molecule has 1 aliphatic rings. The third kappa shape index (κ3) is 2.01. The van der Waals surface area contributed by atoms with E-state index in [9.17, 15) is 18.4 Å².